The van der Waals surface area contributed by atoms with Crippen LogP contribution in [-0.4, -0.2) is 37.4 Å². The lowest BCUT2D eigenvalue weighted by molar-refractivity contribution is 0.0856. The first-order valence-corrected chi connectivity index (χ1v) is 5.34. The van der Waals surface area contributed by atoms with Gasteiger partial charge in [-0.3, -0.25) is 4.79 Å². The summed E-state index contributed by atoms with van der Waals surface area (Å²) in [4.78, 5) is 11.4. The van der Waals surface area contributed by atoms with Crippen molar-refractivity contribution < 1.29 is 19.1 Å². The zero-order chi connectivity index (χ0) is 11.8. The molecule has 0 atom stereocenters. The van der Waals surface area contributed by atoms with Gasteiger partial charge in [-0.05, 0) is 30.2 Å². The number of hydrogen-bond acceptors (Lipinski definition) is 4. The highest BCUT2D eigenvalue weighted by molar-refractivity contribution is 6.29. The molecule has 0 aliphatic rings. The Hall–Kier alpha value is -1.04. The summed E-state index contributed by atoms with van der Waals surface area (Å²) >= 11 is 5.53. The van der Waals surface area contributed by atoms with Gasteiger partial charge in [0.1, 0.15) is 0 Å². The molecule has 0 spiro atoms. The normalized spacial score (nSPS) is 10.4. The molecule has 0 fully saturated rings. The highest BCUT2D eigenvalue weighted by Crippen LogP contribution is 2.12. The van der Waals surface area contributed by atoms with E-state index in [0.29, 0.717) is 26.2 Å². The number of nitrogens with one attached hydrogen (secondary N) is 1. The van der Waals surface area contributed by atoms with Crippen molar-refractivity contribution in [2.24, 2.45) is 0 Å². The van der Waals surface area contributed by atoms with Crippen LogP contribution in [0.15, 0.2) is 16.5 Å². The smallest absolute Gasteiger partial charge is 0.287 e. The van der Waals surface area contributed by atoms with Crippen LogP contribution in [0.3, 0.4) is 0 Å². The molecule has 1 rings (SSSR count). The molecule has 0 saturated heterocycles. The number of rotatable bonds is 7. The molecule has 16 heavy (non-hydrogen) atoms. The van der Waals surface area contributed by atoms with Gasteiger partial charge in [0.2, 0.25) is 0 Å². The minimum atomic E-state index is -0.297. The number of carbonyl (C=O) groups excluding carboxylic acids is 1. The SMILES string of the molecule is O=C(NCCCOCCO)c1ccc(Cl)o1. The molecule has 0 aromatic carbocycles. The molecule has 1 heterocycles. The zero-order valence-electron chi connectivity index (χ0n) is 8.74. The predicted molar refractivity (Wildman–Crippen MR) is 58.6 cm³/mol. The monoisotopic (exact) mass is 247 g/mol. The Labute approximate surface area is 98.3 Å². The highest BCUT2D eigenvalue weighted by Gasteiger charge is 2.08. The van der Waals surface area contributed by atoms with Crippen molar-refractivity contribution in [2.45, 2.75) is 6.42 Å². The lowest BCUT2D eigenvalue weighted by Crippen LogP contribution is -2.24. The molecule has 1 aromatic rings. The second kappa shape index (κ2) is 7.27. The third-order valence-corrected chi connectivity index (χ3v) is 1.99. The number of ether oxygens (including phenoxy) is 1. The molecule has 90 valence electrons. The predicted octanol–water partition coefficient (Wildman–Crippen LogP) is 1.06. The van der Waals surface area contributed by atoms with E-state index < -0.39 is 0 Å². The van der Waals surface area contributed by atoms with Crippen LogP contribution in [0.5, 0.6) is 0 Å². The largest absolute Gasteiger partial charge is 0.440 e. The van der Waals surface area contributed by atoms with Crippen LogP contribution in [0.2, 0.25) is 5.22 Å². The van der Waals surface area contributed by atoms with Gasteiger partial charge in [-0.15, -0.1) is 0 Å². The summed E-state index contributed by atoms with van der Waals surface area (Å²) in [5.74, 6) is -0.102. The molecule has 0 aliphatic heterocycles. The Bertz CT molecular complexity index is 326. The number of halogens is 1. The molecule has 0 saturated carbocycles. The Kier molecular flexibility index (Phi) is 5.92. The second-order valence-corrected chi connectivity index (χ2v) is 3.42. The van der Waals surface area contributed by atoms with Crippen LogP contribution >= 0.6 is 11.6 Å². The van der Waals surface area contributed by atoms with Crippen molar-refractivity contribution in [2.75, 3.05) is 26.4 Å². The minimum absolute atomic E-state index is 0.0112. The van der Waals surface area contributed by atoms with Gasteiger partial charge in [-0.2, -0.15) is 0 Å². The van der Waals surface area contributed by atoms with E-state index in [9.17, 15) is 4.79 Å². The Morgan fingerprint density at radius 1 is 1.50 bits per heavy atom. The summed E-state index contributed by atoms with van der Waals surface area (Å²) in [6, 6.07) is 3.03. The Morgan fingerprint density at radius 3 is 2.94 bits per heavy atom. The molecule has 5 nitrogen and oxygen atoms in total. The van der Waals surface area contributed by atoms with E-state index in [2.05, 4.69) is 5.32 Å². The lowest BCUT2D eigenvalue weighted by Gasteiger charge is -2.03. The summed E-state index contributed by atoms with van der Waals surface area (Å²) in [6.07, 6.45) is 0.681. The van der Waals surface area contributed by atoms with E-state index in [-0.39, 0.29) is 23.5 Å². The van der Waals surface area contributed by atoms with E-state index in [1.165, 1.54) is 12.1 Å². The van der Waals surface area contributed by atoms with E-state index in [0.717, 1.165) is 0 Å². The fraction of sp³-hybridized carbons (Fsp3) is 0.500. The van der Waals surface area contributed by atoms with Crippen LogP contribution < -0.4 is 5.32 Å². The molecule has 1 amide bonds. The lowest BCUT2D eigenvalue weighted by atomic mass is 10.4. The van der Waals surface area contributed by atoms with Crippen molar-refractivity contribution in [3.05, 3.63) is 23.1 Å². The summed E-state index contributed by atoms with van der Waals surface area (Å²) in [6.45, 7) is 1.32. The third-order valence-electron chi connectivity index (χ3n) is 1.78. The maximum absolute atomic E-state index is 11.4. The third kappa shape index (κ3) is 4.65. The van der Waals surface area contributed by atoms with Crippen molar-refractivity contribution in [1.29, 1.82) is 0 Å². The van der Waals surface area contributed by atoms with Gasteiger partial charge >= 0.3 is 0 Å². The van der Waals surface area contributed by atoms with Crippen molar-refractivity contribution in [3.63, 3.8) is 0 Å². The van der Waals surface area contributed by atoms with Crippen LogP contribution in [0.25, 0.3) is 0 Å². The zero-order valence-corrected chi connectivity index (χ0v) is 9.50. The first-order chi connectivity index (χ1) is 7.74. The molecule has 6 heteroatoms. The van der Waals surface area contributed by atoms with Crippen LogP contribution in [0.1, 0.15) is 17.0 Å². The van der Waals surface area contributed by atoms with E-state index in [1.54, 1.807) is 0 Å². The van der Waals surface area contributed by atoms with E-state index in [4.69, 9.17) is 25.9 Å². The average molecular weight is 248 g/mol. The summed E-state index contributed by atoms with van der Waals surface area (Å²) < 4.78 is 9.96. The van der Waals surface area contributed by atoms with E-state index >= 15 is 0 Å². The molecule has 2 N–H and O–H groups in total. The molecule has 1 aromatic heterocycles. The molecular weight excluding hydrogens is 234 g/mol. The van der Waals surface area contributed by atoms with E-state index in [1.807, 2.05) is 0 Å². The number of carbonyl (C=O) groups is 1. The van der Waals surface area contributed by atoms with Gasteiger partial charge in [0.25, 0.3) is 5.91 Å². The quantitative estimate of drug-likeness (QED) is 0.707. The molecular formula is C10H14ClNO4. The van der Waals surface area contributed by atoms with Gasteiger partial charge in [0.05, 0.1) is 13.2 Å². The van der Waals surface area contributed by atoms with Crippen LogP contribution in [-0.2, 0) is 4.74 Å². The number of amides is 1. The Morgan fingerprint density at radius 2 is 2.31 bits per heavy atom. The van der Waals surface area contributed by atoms with Crippen LogP contribution in [0, 0.1) is 0 Å². The minimum Gasteiger partial charge on any atom is -0.440 e. The van der Waals surface area contributed by atoms with Crippen molar-refractivity contribution >= 4 is 17.5 Å². The highest BCUT2D eigenvalue weighted by atomic mass is 35.5. The fourth-order valence-corrected chi connectivity index (χ4v) is 1.21. The van der Waals surface area contributed by atoms with Gasteiger partial charge in [0, 0.05) is 13.2 Å². The molecule has 0 radical (unpaired) electrons. The van der Waals surface area contributed by atoms with Crippen LogP contribution in [0.4, 0.5) is 0 Å². The maximum atomic E-state index is 11.4. The first kappa shape index (κ1) is 13.0. The number of aliphatic hydroxyl groups is 1. The van der Waals surface area contributed by atoms with Crippen molar-refractivity contribution in [3.8, 4) is 0 Å². The first-order valence-electron chi connectivity index (χ1n) is 4.96. The number of hydrogen-bond donors (Lipinski definition) is 2. The maximum Gasteiger partial charge on any atom is 0.287 e. The van der Waals surface area contributed by atoms with Crippen molar-refractivity contribution in [1.82, 2.24) is 5.32 Å². The summed E-state index contributed by atoms with van der Waals surface area (Å²) in [5, 5.41) is 11.3. The Balaban J connectivity index is 2.11. The standard InChI is InChI=1S/C10H14ClNO4/c11-9-3-2-8(16-9)10(14)12-4-1-6-15-7-5-13/h2-3,13H,1,4-7H2,(H,12,14). The molecule has 0 aliphatic carbocycles. The van der Waals surface area contributed by atoms with Gasteiger partial charge in [-0.1, -0.05) is 0 Å². The average Bonchev–Trinajstić information content (AvgIpc) is 2.70. The second-order valence-electron chi connectivity index (χ2n) is 3.05. The van der Waals surface area contributed by atoms with Gasteiger partial charge < -0.3 is 19.6 Å². The fourth-order valence-electron chi connectivity index (χ4n) is 1.07. The van der Waals surface area contributed by atoms with Gasteiger partial charge in [-0.25, -0.2) is 0 Å². The topological polar surface area (TPSA) is 71.7 Å². The molecule has 0 bridgehead atoms. The summed E-state index contributed by atoms with van der Waals surface area (Å²) in [7, 11) is 0. The van der Waals surface area contributed by atoms with Gasteiger partial charge in [0.15, 0.2) is 11.0 Å². The number of aliphatic hydroxyl groups excluding tert-OH is 1. The molecule has 0 unspecified atom stereocenters. The number of furan rings is 1. The summed E-state index contributed by atoms with van der Waals surface area (Å²) in [5.41, 5.74) is 0.